The van der Waals surface area contributed by atoms with Crippen molar-refractivity contribution in [2.45, 2.75) is 11.8 Å². The number of rotatable bonds is 4. The van der Waals surface area contributed by atoms with Crippen LogP contribution in [0.2, 0.25) is 0 Å². The van der Waals surface area contributed by atoms with Gasteiger partial charge in [-0.05, 0) is 31.2 Å². The third kappa shape index (κ3) is 2.98. The van der Waals surface area contributed by atoms with E-state index in [-0.39, 0.29) is 4.90 Å². The summed E-state index contributed by atoms with van der Waals surface area (Å²) in [4.78, 5) is 2.28. The summed E-state index contributed by atoms with van der Waals surface area (Å²) in [6.45, 7) is 1.80. The molecule has 94 valence electrons. The lowest BCUT2D eigenvalue weighted by atomic mass is 10.4. The zero-order chi connectivity index (χ0) is 13.0. The van der Waals surface area contributed by atoms with Gasteiger partial charge in [-0.3, -0.25) is 0 Å². The van der Waals surface area contributed by atoms with E-state index in [1.54, 1.807) is 37.3 Å². The fourth-order valence-electron chi connectivity index (χ4n) is 1.33. The van der Waals surface area contributed by atoms with Crippen LogP contribution in [-0.4, -0.2) is 14.6 Å². The minimum absolute atomic E-state index is 0.165. The van der Waals surface area contributed by atoms with E-state index in [0.29, 0.717) is 5.76 Å². The molecule has 1 N–H and O–H groups in total. The van der Waals surface area contributed by atoms with Gasteiger partial charge in [0.2, 0.25) is 0 Å². The van der Waals surface area contributed by atoms with E-state index < -0.39 is 10.0 Å². The standard InChI is InChI=1S/C12H12N2O3S/c1-10-7-8-11(17-10)9-13-14-18(15,16)12-5-3-2-4-6-12/h2-9,14H,1H3/b13-9-. The number of hydrogen-bond acceptors (Lipinski definition) is 4. The summed E-state index contributed by atoms with van der Waals surface area (Å²) >= 11 is 0. The van der Waals surface area contributed by atoms with Crippen molar-refractivity contribution in [1.29, 1.82) is 0 Å². The second-order valence-electron chi connectivity index (χ2n) is 3.61. The Morgan fingerprint density at radius 3 is 2.50 bits per heavy atom. The molecule has 2 aromatic rings. The predicted octanol–water partition coefficient (Wildman–Crippen LogP) is 1.90. The Morgan fingerprint density at radius 1 is 1.17 bits per heavy atom. The maximum absolute atomic E-state index is 11.8. The number of nitrogens with zero attached hydrogens (tertiary/aromatic N) is 1. The molecule has 6 heteroatoms. The molecule has 0 unspecified atom stereocenters. The highest BCUT2D eigenvalue weighted by molar-refractivity contribution is 7.89. The molecule has 0 radical (unpaired) electrons. The van der Waals surface area contributed by atoms with Crippen LogP contribution >= 0.6 is 0 Å². The van der Waals surface area contributed by atoms with Gasteiger partial charge in [0, 0.05) is 0 Å². The lowest BCUT2D eigenvalue weighted by Crippen LogP contribution is -2.18. The van der Waals surface area contributed by atoms with Crippen molar-refractivity contribution in [3.63, 3.8) is 0 Å². The monoisotopic (exact) mass is 264 g/mol. The topological polar surface area (TPSA) is 71.7 Å². The van der Waals surface area contributed by atoms with E-state index in [1.807, 2.05) is 0 Å². The van der Waals surface area contributed by atoms with Crippen LogP contribution in [0.3, 0.4) is 0 Å². The predicted molar refractivity (Wildman–Crippen MR) is 67.8 cm³/mol. The molecule has 0 saturated heterocycles. The molecule has 2 rings (SSSR count). The van der Waals surface area contributed by atoms with E-state index in [2.05, 4.69) is 9.93 Å². The first-order valence-corrected chi connectivity index (χ1v) is 6.72. The first kappa shape index (κ1) is 12.4. The molecule has 0 atom stereocenters. The Kier molecular flexibility index (Phi) is 3.47. The molecule has 0 aliphatic rings. The number of nitrogens with one attached hydrogen (secondary N) is 1. The van der Waals surface area contributed by atoms with Crippen molar-refractivity contribution in [2.75, 3.05) is 0 Å². The van der Waals surface area contributed by atoms with Gasteiger partial charge in [0.1, 0.15) is 11.5 Å². The fraction of sp³-hybridized carbons (Fsp3) is 0.0833. The van der Waals surface area contributed by atoms with Crippen molar-refractivity contribution >= 4 is 16.2 Å². The van der Waals surface area contributed by atoms with Crippen LogP contribution in [0.1, 0.15) is 11.5 Å². The third-order valence-electron chi connectivity index (χ3n) is 2.18. The number of aryl methyl sites for hydroxylation is 1. The number of hydrogen-bond donors (Lipinski definition) is 1. The number of benzene rings is 1. The summed E-state index contributed by atoms with van der Waals surface area (Å²) < 4.78 is 28.8. The summed E-state index contributed by atoms with van der Waals surface area (Å²) in [7, 11) is -3.61. The molecule has 1 heterocycles. The van der Waals surface area contributed by atoms with Gasteiger partial charge in [0.15, 0.2) is 0 Å². The summed E-state index contributed by atoms with van der Waals surface area (Å²) in [6, 6.07) is 11.5. The summed E-state index contributed by atoms with van der Waals surface area (Å²) in [5.74, 6) is 1.23. The third-order valence-corrected chi connectivity index (χ3v) is 3.42. The van der Waals surface area contributed by atoms with Crippen LogP contribution in [0.5, 0.6) is 0 Å². The van der Waals surface area contributed by atoms with Crippen LogP contribution in [0.15, 0.2) is 56.9 Å². The molecule has 0 bridgehead atoms. The Bertz CT molecular complexity index is 645. The molecule has 5 nitrogen and oxygen atoms in total. The van der Waals surface area contributed by atoms with E-state index in [4.69, 9.17) is 4.42 Å². The Morgan fingerprint density at radius 2 is 1.89 bits per heavy atom. The van der Waals surface area contributed by atoms with E-state index >= 15 is 0 Å². The average Bonchev–Trinajstić information content (AvgIpc) is 2.76. The van der Waals surface area contributed by atoms with Gasteiger partial charge in [-0.2, -0.15) is 18.4 Å². The average molecular weight is 264 g/mol. The Labute approximate surface area is 105 Å². The molecule has 0 spiro atoms. The van der Waals surface area contributed by atoms with Crippen molar-refractivity contribution in [3.8, 4) is 0 Å². The smallest absolute Gasteiger partial charge is 0.276 e. The minimum atomic E-state index is -3.61. The van der Waals surface area contributed by atoms with Gasteiger partial charge in [-0.25, -0.2) is 0 Å². The van der Waals surface area contributed by atoms with Gasteiger partial charge in [-0.15, -0.1) is 0 Å². The van der Waals surface area contributed by atoms with E-state index in [1.165, 1.54) is 18.3 Å². The zero-order valence-corrected chi connectivity index (χ0v) is 10.5. The highest BCUT2D eigenvalue weighted by Crippen LogP contribution is 2.07. The largest absolute Gasteiger partial charge is 0.460 e. The SMILES string of the molecule is Cc1ccc(/C=N\NS(=O)(=O)c2ccccc2)o1. The molecule has 0 fully saturated rings. The molecule has 0 saturated carbocycles. The molecule has 0 aliphatic heterocycles. The van der Waals surface area contributed by atoms with Crippen LogP contribution in [0.4, 0.5) is 0 Å². The van der Waals surface area contributed by atoms with Gasteiger partial charge in [0.05, 0.1) is 11.1 Å². The quantitative estimate of drug-likeness (QED) is 0.677. The van der Waals surface area contributed by atoms with Gasteiger partial charge in [-0.1, -0.05) is 18.2 Å². The molecule has 0 aliphatic carbocycles. The number of furan rings is 1. The van der Waals surface area contributed by atoms with Crippen molar-refractivity contribution < 1.29 is 12.8 Å². The van der Waals surface area contributed by atoms with Gasteiger partial charge >= 0.3 is 0 Å². The lowest BCUT2D eigenvalue weighted by Gasteiger charge is -2.01. The first-order chi connectivity index (χ1) is 8.58. The molecule has 1 aromatic heterocycles. The molecular weight excluding hydrogens is 252 g/mol. The van der Waals surface area contributed by atoms with Crippen LogP contribution in [-0.2, 0) is 10.0 Å². The van der Waals surface area contributed by atoms with E-state index in [0.717, 1.165) is 5.76 Å². The first-order valence-electron chi connectivity index (χ1n) is 5.24. The summed E-state index contributed by atoms with van der Waals surface area (Å²) in [6.07, 6.45) is 1.31. The minimum Gasteiger partial charge on any atom is -0.460 e. The molecule has 18 heavy (non-hydrogen) atoms. The molecule has 0 amide bonds. The van der Waals surface area contributed by atoms with Crippen LogP contribution in [0.25, 0.3) is 0 Å². The van der Waals surface area contributed by atoms with Crippen molar-refractivity contribution in [3.05, 3.63) is 54.0 Å². The molecular formula is C12H12N2O3S. The zero-order valence-electron chi connectivity index (χ0n) is 9.70. The van der Waals surface area contributed by atoms with Crippen LogP contribution in [0, 0.1) is 6.92 Å². The number of sulfonamides is 1. The Hall–Kier alpha value is -2.08. The summed E-state index contributed by atoms with van der Waals surface area (Å²) in [5, 5.41) is 3.65. The Balaban J connectivity index is 2.08. The fourth-order valence-corrected chi connectivity index (χ4v) is 2.15. The normalized spacial score (nSPS) is 11.8. The van der Waals surface area contributed by atoms with Crippen molar-refractivity contribution in [1.82, 2.24) is 4.83 Å². The highest BCUT2D eigenvalue weighted by Gasteiger charge is 2.10. The summed E-state index contributed by atoms with van der Waals surface area (Å²) in [5.41, 5.74) is 0. The lowest BCUT2D eigenvalue weighted by molar-refractivity contribution is 0.527. The van der Waals surface area contributed by atoms with Crippen LogP contribution < -0.4 is 4.83 Å². The molecule has 1 aromatic carbocycles. The number of hydrazone groups is 1. The second kappa shape index (κ2) is 5.05. The van der Waals surface area contributed by atoms with Crippen molar-refractivity contribution in [2.24, 2.45) is 5.10 Å². The maximum Gasteiger partial charge on any atom is 0.276 e. The maximum atomic E-state index is 11.8. The second-order valence-corrected chi connectivity index (χ2v) is 5.28. The highest BCUT2D eigenvalue weighted by atomic mass is 32.2. The van der Waals surface area contributed by atoms with E-state index in [9.17, 15) is 8.42 Å². The van der Waals surface area contributed by atoms with Gasteiger partial charge < -0.3 is 4.42 Å². The van der Waals surface area contributed by atoms with Gasteiger partial charge in [0.25, 0.3) is 10.0 Å².